The number of aromatic nitrogens is 2. The molecule has 0 saturated carbocycles. The summed E-state index contributed by atoms with van der Waals surface area (Å²) in [6, 6.07) is 0. The minimum Gasteiger partial charge on any atom is -0.444 e. The standard InChI is InChI=1S/C23H41BN4O4/c1-20(2,3)30-19(29)27-12-10-26(11-13-27)16-21(4,5)17-28-15-18(14-25-28)24-31-22(6,7)23(8,9)32-24/h14-15H,10-13,16-17H2,1-9H3. The third-order valence-corrected chi connectivity index (χ3v) is 6.44. The summed E-state index contributed by atoms with van der Waals surface area (Å²) in [5, 5.41) is 4.57. The van der Waals surface area contributed by atoms with Crippen LogP contribution in [-0.4, -0.2) is 82.3 Å². The summed E-state index contributed by atoms with van der Waals surface area (Å²) in [7, 11) is -0.391. The Morgan fingerprint density at radius 1 is 1.03 bits per heavy atom. The highest BCUT2D eigenvalue weighted by molar-refractivity contribution is 6.61. The third-order valence-electron chi connectivity index (χ3n) is 6.44. The maximum absolute atomic E-state index is 12.3. The van der Waals surface area contributed by atoms with Gasteiger partial charge in [0, 0.05) is 57.1 Å². The van der Waals surface area contributed by atoms with Crippen molar-refractivity contribution in [2.45, 2.75) is 85.7 Å². The molecule has 0 N–H and O–H groups in total. The Bertz CT molecular complexity index is 791. The molecule has 0 radical (unpaired) electrons. The van der Waals surface area contributed by atoms with Crippen molar-refractivity contribution < 1.29 is 18.8 Å². The van der Waals surface area contributed by atoms with Crippen LogP contribution in [0.2, 0.25) is 0 Å². The number of carbonyl (C=O) groups is 1. The monoisotopic (exact) mass is 448 g/mol. The minimum absolute atomic E-state index is 0.0211. The number of piperazine rings is 1. The van der Waals surface area contributed by atoms with Gasteiger partial charge in [0.1, 0.15) is 5.60 Å². The van der Waals surface area contributed by atoms with Crippen molar-refractivity contribution in [3.8, 4) is 0 Å². The van der Waals surface area contributed by atoms with E-state index in [9.17, 15) is 4.79 Å². The number of amides is 1. The molecular weight excluding hydrogens is 407 g/mol. The average molecular weight is 448 g/mol. The van der Waals surface area contributed by atoms with E-state index in [0.717, 1.165) is 31.6 Å². The molecule has 2 aliphatic heterocycles. The highest BCUT2D eigenvalue weighted by Gasteiger charge is 2.52. The van der Waals surface area contributed by atoms with Crippen LogP contribution in [0.25, 0.3) is 0 Å². The lowest BCUT2D eigenvalue weighted by Crippen LogP contribution is -2.52. The highest BCUT2D eigenvalue weighted by atomic mass is 16.7. The van der Waals surface area contributed by atoms with E-state index < -0.39 is 12.7 Å². The molecule has 180 valence electrons. The highest BCUT2D eigenvalue weighted by Crippen LogP contribution is 2.36. The summed E-state index contributed by atoms with van der Waals surface area (Å²) < 4.78 is 19.8. The van der Waals surface area contributed by atoms with Crippen molar-refractivity contribution in [3.63, 3.8) is 0 Å². The lowest BCUT2D eigenvalue weighted by atomic mass is 9.82. The lowest BCUT2D eigenvalue weighted by molar-refractivity contribution is 0.00578. The van der Waals surface area contributed by atoms with Crippen LogP contribution in [0, 0.1) is 5.41 Å². The molecule has 0 atom stereocenters. The predicted octanol–water partition coefficient (Wildman–Crippen LogP) is 2.76. The number of ether oxygens (including phenoxy) is 1. The Balaban J connectivity index is 1.51. The summed E-state index contributed by atoms with van der Waals surface area (Å²) in [5.41, 5.74) is -0.210. The Kier molecular flexibility index (Phi) is 6.77. The van der Waals surface area contributed by atoms with Gasteiger partial charge < -0.3 is 18.9 Å². The van der Waals surface area contributed by atoms with Crippen molar-refractivity contribution in [3.05, 3.63) is 12.4 Å². The van der Waals surface area contributed by atoms with Crippen LogP contribution in [0.4, 0.5) is 4.79 Å². The number of rotatable bonds is 5. The molecule has 0 spiro atoms. The van der Waals surface area contributed by atoms with E-state index >= 15 is 0 Å². The van der Waals surface area contributed by atoms with E-state index in [1.165, 1.54) is 0 Å². The molecule has 0 bridgehead atoms. The van der Waals surface area contributed by atoms with E-state index in [1.807, 2.05) is 37.8 Å². The van der Waals surface area contributed by atoms with E-state index in [2.05, 4.69) is 51.5 Å². The van der Waals surface area contributed by atoms with E-state index in [0.29, 0.717) is 13.1 Å². The topological polar surface area (TPSA) is 69.1 Å². The van der Waals surface area contributed by atoms with Crippen molar-refractivity contribution >= 4 is 18.7 Å². The Morgan fingerprint density at radius 2 is 1.59 bits per heavy atom. The maximum atomic E-state index is 12.3. The predicted molar refractivity (Wildman–Crippen MR) is 126 cm³/mol. The van der Waals surface area contributed by atoms with Crippen LogP contribution in [0.1, 0.15) is 62.3 Å². The quantitative estimate of drug-likeness (QED) is 0.646. The number of hydrogen-bond acceptors (Lipinski definition) is 6. The van der Waals surface area contributed by atoms with E-state index in [1.54, 1.807) is 4.90 Å². The fourth-order valence-corrected chi connectivity index (χ4v) is 4.08. The summed E-state index contributed by atoms with van der Waals surface area (Å²) >= 11 is 0. The molecule has 2 fully saturated rings. The molecule has 1 aromatic rings. The minimum atomic E-state index is -0.459. The van der Waals surface area contributed by atoms with Gasteiger partial charge in [-0.25, -0.2) is 4.79 Å². The van der Waals surface area contributed by atoms with Crippen molar-refractivity contribution in [2.75, 3.05) is 32.7 Å². The number of hydrogen-bond donors (Lipinski definition) is 0. The van der Waals surface area contributed by atoms with Crippen molar-refractivity contribution in [2.24, 2.45) is 5.41 Å². The fourth-order valence-electron chi connectivity index (χ4n) is 4.08. The van der Waals surface area contributed by atoms with Gasteiger partial charge in [0.05, 0.1) is 11.2 Å². The van der Waals surface area contributed by atoms with Gasteiger partial charge >= 0.3 is 13.2 Å². The lowest BCUT2D eigenvalue weighted by Gasteiger charge is -2.39. The van der Waals surface area contributed by atoms with Gasteiger partial charge in [-0.3, -0.25) is 9.58 Å². The Labute approximate surface area is 193 Å². The number of nitrogens with zero attached hydrogens (tertiary/aromatic N) is 4. The normalized spacial score (nSPS) is 21.8. The van der Waals surface area contributed by atoms with Crippen molar-refractivity contribution in [1.82, 2.24) is 19.6 Å². The SMILES string of the molecule is CC(C)(CN1CCN(C(=O)OC(C)(C)C)CC1)Cn1cc(B2OC(C)(C)C(C)(C)O2)cn1. The second kappa shape index (κ2) is 8.65. The van der Waals surface area contributed by atoms with Crippen LogP contribution in [-0.2, 0) is 20.6 Å². The van der Waals surface area contributed by atoms with Gasteiger partial charge in [0.25, 0.3) is 0 Å². The third kappa shape index (κ3) is 6.05. The molecule has 32 heavy (non-hydrogen) atoms. The molecule has 1 amide bonds. The van der Waals surface area contributed by atoms with Crippen LogP contribution < -0.4 is 5.46 Å². The van der Waals surface area contributed by atoms with Gasteiger partial charge in [0.2, 0.25) is 0 Å². The first-order valence-electron chi connectivity index (χ1n) is 11.7. The average Bonchev–Trinajstić information content (AvgIpc) is 3.15. The van der Waals surface area contributed by atoms with Crippen LogP contribution in [0.3, 0.4) is 0 Å². The molecule has 0 aliphatic carbocycles. The summed E-state index contributed by atoms with van der Waals surface area (Å²) in [6.07, 6.45) is 3.66. The maximum Gasteiger partial charge on any atom is 0.498 e. The first-order valence-corrected chi connectivity index (χ1v) is 11.7. The molecule has 0 unspecified atom stereocenters. The molecule has 0 aromatic carbocycles. The van der Waals surface area contributed by atoms with Gasteiger partial charge in [-0.1, -0.05) is 13.8 Å². The zero-order valence-electron chi connectivity index (χ0n) is 21.4. The number of carbonyl (C=O) groups excluding carboxylic acids is 1. The Hall–Kier alpha value is -1.58. The van der Waals surface area contributed by atoms with E-state index in [4.69, 9.17) is 14.0 Å². The van der Waals surface area contributed by atoms with Gasteiger partial charge in [-0.2, -0.15) is 5.10 Å². The Morgan fingerprint density at radius 3 is 2.12 bits per heavy atom. The van der Waals surface area contributed by atoms with Gasteiger partial charge in [-0.15, -0.1) is 0 Å². The fraction of sp³-hybridized carbons (Fsp3) is 0.826. The second-order valence-electron chi connectivity index (χ2n) is 12.0. The summed E-state index contributed by atoms with van der Waals surface area (Å²) in [6.45, 7) is 23.2. The molecular formula is C23H41BN4O4. The molecule has 8 nitrogen and oxygen atoms in total. The van der Waals surface area contributed by atoms with Crippen LogP contribution >= 0.6 is 0 Å². The van der Waals surface area contributed by atoms with Crippen molar-refractivity contribution in [1.29, 1.82) is 0 Å². The largest absolute Gasteiger partial charge is 0.498 e. The second-order valence-corrected chi connectivity index (χ2v) is 12.0. The molecule has 3 rings (SSSR count). The van der Waals surface area contributed by atoms with Gasteiger partial charge in [0.15, 0.2) is 0 Å². The zero-order valence-corrected chi connectivity index (χ0v) is 21.4. The molecule has 3 heterocycles. The van der Waals surface area contributed by atoms with Crippen LogP contribution in [0.5, 0.6) is 0 Å². The summed E-state index contributed by atoms with van der Waals surface area (Å²) in [4.78, 5) is 16.5. The zero-order chi connectivity index (χ0) is 23.9. The van der Waals surface area contributed by atoms with Crippen LogP contribution in [0.15, 0.2) is 12.4 Å². The molecule has 2 aliphatic rings. The summed E-state index contributed by atoms with van der Waals surface area (Å²) in [5.74, 6) is 0. The molecule has 2 saturated heterocycles. The molecule has 9 heteroatoms. The smallest absolute Gasteiger partial charge is 0.444 e. The first kappa shape index (κ1) is 25.1. The van der Waals surface area contributed by atoms with E-state index in [-0.39, 0.29) is 22.7 Å². The first-order chi connectivity index (χ1) is 14.6. The molecule has 1 aromatic heterocycles. The van der Waals surface area contributed by atoms with Gasteiger partial charge in [-0.05, 0) is 53.9 Å².